The predicted octanol–water partition coefficient (Wildman–Crippen LogP) is 4.60. The Balaban J connectivity index is 2.27. The summed E-state index contributed by atoms with van der Waals surface area (Å²) in [7, 11) is 0. The molecular formula is C19H15F6N3O5S. The van der Waals surface area contributed by atoms with Crippen LogP contribution in [0.4, 0.5) is 43.4 Å². The number of thioether (sulfide) groups is 1. The van der Waals surface area contributed by atoms with E-state index < -0.39 is 51.5 Å². The van der Waals surface area contributed by atoms with E-state index in [2.05, 4.69) is 5.32 Å². The van der Waals surface area contributed by atoms with E-state index in [-0.39, 0.29) is 16.9 Å². The van der Waals surface area contributed by atoms with Gasteiger partial charge in [-0.25, -0.2) is 0 Å². The number of alkyl halides is 6. The van der Waals surface area contributed by atoms with Crippen molar-refractivity contribution in [1.82, 2.24) is 0 Å². The summed E-state index contributed by atoms with van der Waals surface area (Å²) < 4.78 is 79.9. The summed E-state index contributed by atoms with van der Waals surface area (Å²) in [6, 6.07) is 6.44. The average Bonchev–Trinajstić information content (AvgIpc) is 2.70. The molecule has 2 aromatic carbocycles. The van der Waals surface area contributed by atoms with Crippen molar-refractivity contribution in [3.8, 4) is 0 Å². The summed E-state index contributed by atoms with van der Waals surface area (Å²) in [6.07, 6.45) is -10.8. The number of hydrogen-bond donors (Lipinski definition) is 3. The Hall–Kier alpha value is -3.33. The zero-order chi connectivity index (χ0) is 25.9. The van der Waals surface area contributed by atoms with Crippen LogP contribution in [0.5, 0.6) is 0 Å². The lowest BCUT2D eigenvalue weighted by Crippen LogP contribution is -2.56. The zero-order valence-corrected chi connectivity index (χ0v) is 17.8. The fourth-order valence-electron chi connectivity index (χ4n) is 2.54. The van der Waals surface area contributed by atoms with Crippen molar-refractivity contribution in [2.45, 2.75) is 29.8 Å². The van der Waals surface area contributed by atoms with Crippen molar-refractivity contribution in [1.29, 1.82) is 0 Å². The monoisotopic (exact) mass is 511 g/mol. The molecule has 0 saturated carbocycles. The number of anilines is 2. The molecule has 3 N–H and O–H groups in total. The number of halogens is 6. The van der Waals surface area contributed by atoms with Gasteiger partial charge in [0.05, 0.1) is 4.92 Å². The summed E-state index contributed by atoms with van der Waals surface area (Å²) in [5, 5.41) is 24.9. The molecule has 0 spiro atoms. The summed E-state index contributed by atoms with van der Waals surface area (Å²) in [4.78, 5) is 32.9. The molecule has 0 saturated heterocycles. The SMILES string of the molecule is CC(=O)Nc1ccc(SC[C@](O)(C(=O)Nc2ccc([N+](=O)[O-])c(C(F)(F)F)c2)C(F)(F)F)cc1. The standard InChI is InChI=1S/C19H15F6N3O5S/c1-10(29)26-11-2-5-13(6-3-11)34-9-17(31,19(23,24)25)16(30)27-12-4-7-15(28(32)33)14(8-12)18(20,21)22/h2-8,31H,9H2,1H3,(H,26,29)(H,27,30)/t17-/m0/s1. The van der Waals surface area contributed by atoms with Crippen molar-refractivity contribution in [2.24, 2.45) is 0 Å². The molecule has 1 atom stereocenters. The fourth-order valence-corrected chi connectivity index (χ4v) is 3.54. The van der Waals surface area contributed by atoms with E-state index in [1.54, 1.807) is 5.32 Å². The minimum atomic E-state index is -5.52. The van der Waals surface area contributed by atoms with Gasteiger partial charge in [-0.3, -0.25) is 19.7 Å². The molecule has 2 aromatic rings. The smallest absolute Gasteiger partial charge is 0.372 e. The average molecular weight is 511 g/mol. The number of hydrogen-bond acceptors (Lipinski definition) is 6. The Morgan fingerprint density at radius 2 is 1.56 bits per heavy atom. The lowest BCUT2D eigenvalue weighted by atomic mass is 10.0. The van der Waals surface area contributed by atoms with Crippen LogP contribution in [-0.2, 0) is 15.8 Å². The first-order chi connectivity index (χ1) is 15.5. The van der Waals surface area contributed by atoms with Crippen LogP contribution in [0.3, 0.4) is 0 Å². The van der Waals surface area contributed by atoms with Crippen LogP contribution in [0.25, 0.3) is 0 Å². The van der Waals surface area contributed by atoms with Gasteiger partial charge in [-0.1, -0.05) is 0 Å². The maximum Gasteiger partial charge on any atom is 0.427 e. The number of nitrogens with zero attached hydrogens (tertiary/aromatic N) is 1. The van der Waals surface area contributed by atoms with Crippen LogP contribution in [0.2, 0.25) is 0 Å². The van der Waals surface area contributed by atoms with Crippen molar-refractivity contribution >= 4 is 40.6 Å². The minimum Gasteiger partial charge on any atom is -0.372 e. The fraction of sp³-hybridized carbons (Fsp3) is 0.263. The Bertz CT molecular complexity index is 1090. The number of nitrogens with one attached hydrogen (secondary N) is 2. The molecule has 2 amide bonds. The third kappa shape index (κ3) is 6.38. The first-order valence-corrected chi connectivity index (χ1v) is 10.00. The minimum absolute atomic E-state index is 0.0979. The lowest BCUT2D eigenvalue weighted by molar-refractivity contribution is -0.388. The van der Waals surface area contributed by atoms with Gasteiger partial charge < -0.3 is 15.7 Å². The molecule has 0 unspecified atom stereocenters. The highest BCUT2D eigenvalue weighted by Gasteiger charge is 2.59. The number of amides is 2. The molecular weight excluding hydrogens is 496 g/mol. The van der Waals surface area contributed by atoms with Crippen molar-refractivity contribution in [3.63, 3.8) is 0 Å². The number of carbonyl (C=O) groups excluding carboxylic acids is 2. The highest BCUT2D eigenvalue weighted by Crippen LogP contribution is 2.39. The molecule has 0 aromatic heterocycles. The number of benzene rings is 2. The largest absolute Gasteiger partial charge is 0.427 e. The van der Waals surface area contributed by atoms with Gasteiger partial charge in [-0.15, -0.1) is 11.8 Å². The van der Waals surface area contributed by atoms with Gasteiger partial charge in [0.25, 0.3) is 11.6 Å². The molecule has 0 heterocycles. The van der Waals surface area contributed by atoms with Crippen LogP contribution >= 0.6 is 11.8 Å². The molecule has 15 heteroatoms. The van der Waals surface area contributed by atoms with Gasteiger partial charge in [-0.05, 0) is 36.4 Å². The molecule has 8 nitrogen and oxygen atoms in total. The van der Waals surface area contributed by atoms with Crippen molar-refractivity contribution < 1.29 is 46.0 Å². The first kappa shape index (κ1) is 26.9. The number of nitro groups is 1. The molecule has 184 valence electrons. The van der Waals surface area contributed by atoms with Gasteiger partial charge in [-0.2, -0.15) is 26.3 Å². The highest BCUT2D eigenvalue weighted by atomic mass is 32.2. The second-order valence-corrected chi connectivity index (χ2v) is 7.84. The van der Waals surface area contributed by atoms with E-state index in [1.165, 1.54) is 31.2 Å². The molecule has 0 aliphatic rings. The van der Waals surface area contributed by atoms with Crippen LogP contribution in [0.1, 0.15) is 12.5 Å². The zero-order valence-electron chi connectivity index (χ0n) is 17.0. The number of aliphatic hydroxyl groups is 1. The van der Waals surface area contributed by atoms with E-state index >= 15 is 0 Å². The third-order valence-corrected chi connectivity index (χ3v) is 5.39. The second kappa shape index (κ2) is 9.89. The second-order valence-electron chi connectivity index (χ2n) is 6.79. The van der Waals surface area contributed by atoms with Gasteiger partial charge in [0, 0.05) is 35.0 Å². The summed E-state index contributed by atoms with van der Waals surface area (Å²) >= 11 is 0.422. The van der Waals surface area contributed by atoms with Crippen LogP contribution in [0, 0.1) is 10.1 Å². The van der Waals surface area contributed by atoms with Gasteiger partial charge in [0.15, 0.2) is 0 Å². The van der Waals surface area contributed by atoms with Crippen molar-refractivity contribution in [2.75, 3.05) is 16.4 Å². The molecule has 2 rings (SSSR count). The highest BCUT2D eigenvalue weighted by molar-refractivity contribution is 7.99. The van der Waals surface area contributed by atoms with E-state index in [4.69, 9.17) is 0 Å². The topological polar surface area (TPSA) is 122 Å². The van der Waals surface area contributed by atoms with E-state index in [9.17, 15) is 51.2 Å². The Morgan fingerprint density at radius 1 is 1.00 bits per heavy atom. The maximum atomic E-state index is 13.6. The lowest BCUT2D eigenvalue weighted by Gasteiger charge is -2.29. The molecule has 0 radical (unpaired) electrons. The van der Waals surface area contributed by atoms with Crippen molar-refractivity contribution in [3.05, 3.63) is 58.1 Å². The van der Waals surface area contributed by atoms with Gasteiger partial charge >= 0.3 is 12.4 Å². The van der Waals surface area contributed by atoms with Gasteiger partial charge in [0.2, 0.25) is 11.5 Å². The maximum absolute atomic E-state index is 13.6. The Morgan fingerprint density at radius 3 is 2.03 bits per heavy atom. The quantitative estimate of drug-likeness (QED) is 0.216. The Labute approximate surface area is 191 Å². The summed E-state index contributed by atoms with van der Waals surface area (Å²) in [6.45, 7) is 1.24. The number of rotatable bonds is 7. The van der Waals surface area contributed by atoms with Crippen LogP contribution < -0.4 is 10.6 Å². The van der Waals surface area contributed by atoms with E-state index in [1.807, 2.05) is 0 Å². The van der Waals surface area contributed by atoms with Gasteiger partial charge in [0.1, 0.15) is 5.56 Å². The van der Waals surface area contributed by atoms with Crippen LogP contribution in [-0.4, -0.2) is 39.4 Å². The predicted molar refractivity (Wildman–Crippen MR) is 109 cm³/mol. The van der Waals surface area contributed by atoms with E-state index in [0.717, 1.165) is 0 Å². The first-order valence-electron chi connectivity index (χ1n) is 9.01. The molecule has 0 aliphatic carbocycles. The molecule has 34 heavy (non-hydrogen) atoms. The Kier molecular flexibility index (Phi) is 7.83. The summed E-state index contributed by atoms with van der Waals surface area (Å²) in [5.74, 6) is -3.73. The molecule has 0 fully saturated rings. The normalized spacial score (nSPS) is 13.6. The van der Waals surface area contributed by atoms with Crippen LogP contribution in [0.15, 0.2) is 47.4 Å². The summed E-state index contributed by atoms with van der Waals surface area (Å²) in [5.41, 5.74) is -7.67. The van der Waals surface area contributed by atoms with E-state index in [0.29, 0.717) is 29.6 Å². The number of carbonyl (C=O) groups is 2. The third-order valence-electron chi connectivity index (χ3n) is 4.22. The number of nitro benzene ring substituents is 1. The molecule has 0 aliphatic heterocycles. The molecule has 0 bridgehead atoms.